The Labute approximate surface area is 170 Å². The summed E-state index contributed by atoms with van der Waals surface area (Å²) in [7, 11) is 0. The summed E-state index contributed by atoms with van der Waals surface area (Å²) in [6.07, 6.45) is 5.03. The van der Waals surface area contributed by atoms with Gasteiger partial charge in [-0.15, -0.1) is 0 Å². The number of amides is 2. The van der Waals surface area contributed by atoms with Crippen molar-refractivity contribution in [3.05, 3.63) is 54.1 Å². The molecule has 2 heterocycles. The number of fused-ring (bicyclic) bond motifs is 3. The van der Waals surface area contributed by atoms with Crippen molar-refractivity contribution in [2.75, 3.05) is 6.54 Å². The number of rotatable bonds is 4. The molecule has 150 valence electrons. The second-order valence-electron chi connectivity index (χ2n) is 7.89. The summed E-state index contributed by atoms with van der Waals surface area (Å²) in [6.45, 7) is 5.49. The van der Waals surface area contributed by atoms with Crippen molar-refractivity contribution in [3.63, 3.8) is 0 Å². The number of hydrogen-bond acceptors (Lipinski definition) is 2. The molecule has 1 aromatic heterocycles. The van der Waals surface area contributed by atoms with Gasteiger partial charge >= 0.3 is 0 Å². The monoisotopic (exact) mass is 389 g/mol. The van der Waals surface area contributed by atoms with Crippen LogP contribution in [0.25, 0.3) is 27.9 Å². The van der Waals surface area contributed by atoms with Crippen LogP contribution in [0.1, 0.15) is 32.3 Å². The van der Waals surface area contributed by atoms with Gasteiger partial charge in [-0.2, -0.15) is 0 Å². The molecule has 0 radical (unpaired) electrons. The van der Waals surface area contributed by atoms with Gasteiger partial charge in [0.25, 0.3) is 0 Å². The molecule has 1 saturated heterocycles. The highest BCUT2D eigenvalue weighted by Crippen LogP contribution is 2.30. The first kappa shape index (κ1) is 19.2. The predicted octanol–water partition coefficient (Wildman–Crippen LogP) is 3.94. The van der Waals surface area contributed by atoms with E-state index in [1.165, 1.54) is 21.8 Å². The smallest absolute Gasteiger partial charge is 0.246 e. The van der Waals surface area contributed by atoms with Crippen LogP contribution in [-0.4, -0.2) is 33.9 Å². The lowest BCUT2D eigenvalue weighted by Crippen LogP contribution is -2.48. The Morgan fingerprint density at radius 3 is 2.62 bits per heavy atom. The first-order valence-electron chi connectivity index (χ1n) is 10.3. The lowest BCUT2D eigenvalue weighted by atomic mass is 9.93. The number of piperidine rings is 1. The van der Waals surface area contributed by atoms with E-state index in [4.69, 9.17) is 5.73 Å². The van der Waals surface area contributed by atoms with Crippen LogP contribution in [0.4, 0.5) is 0 Å². The lowest BCUT2D eigenvalue weighted by Gasteiger charge is -2.36. The third-order valence-corrected chi connectivity index (χ3v) is 6.10. The van der Waals surface area contributed by atoms with Crippen molar-refractivity contribution in [1.82, 2.24) is 9.47 Å². The van der Waals surface area contributed by atoms with Crippen LogP contribution >= 0.6 is 0 Å². The van der Waals surface area contributed by atoms with Crippen molar-refractivity contribution < 1.29 is 9.59 Å². The number of primary amides is 1. The van der Waals surface area contributed by atoms with Gasteiger partial charge in [0.2, 0.25) is 11.8 Å². The minimum absolute atomic E-state index is 0.0699. The Bertz CT molecular complexity index is 1110. The summed E-state index contributed by atoms with van der Waals surface area (Å²) < 4.78 is 2.31. The molecule has 0 bridgehead atoms. The van der Waals surface area contributed by atoms with Gasteiger partial charge in [0.15, 0.2) is 0 Å². The molecule has 1 aliphatic heterocycles. The lowest BCUT2D eigenvalue weighted by molar-refractivity contribution is -0.133. The second kappa shape index (κ2) is 7.74. The Morgan fingerprint density at radius 2 is 1.86 bits per heavy atom. The number of nitrogens with zero attached hydrogens (tertiary/aromatic N) is 2. The topological polar surface area (TPSA) is 68.3 Å². The Hall–Kier alpha value is -3.08. The maximum Gasteiger partial charge on any atom is 0.246 e. The number of nitrogens with two attached hydrogens (primary N) is 1. The number of aryl methyl sites for hydroxylation is 1. The average Bonchev–Trinajstić information content (AvgIpc) is 3.05. The zero-order valence-corrected chi connectivity index (χ0v) is 17.0. The fourth-order valence-electron chi connectivity index (χ4n) is 4.43. The van der Waals surface area contributed by atoms with Crippen molar-refractivity contribution >= 4 is 39.7 Å². The molecule has 2 aromatic carbocycles. The number of carbonyl (C=O) groups excluding carboxylic acids is 2. The van der Waals surface area contributed by atoms with Crippen molar-refractivity contribution in [2.24, 2.45) is 11.7 Å². The van der Waals surface area contributed by atoms with E-state index in [0.29, 0.717) is 6.54 Å². The minimum atomic E-state index is -0.323. The quantitative estimate of drug-likeness (QED) is 0.687. The molecule has 3 aromatic rings. The number of para-hydroxylation sites is 1. The molecule has 0 saturated carbocycles. The molecule has 2 N–H and O–H groups in total. The number of carbonyl (C=O) groups is 2. The van der Waals surface area contributed by atoms with Crippen LogP contribution < -0.4 is 5.73 Å². The molecule has 2 atom stereocenters. The van der Waals surface area contributed by atoms with E-state index in [9.17, 15) is 9.59 Å². The van der Waals surface area contributed by atoms with Crippen molar-refractivity contribution in [2.45, 2.75) is 39.3 Å². The molecule has 2 amide bonds. The standard InChI is InChI=1S/C24H27N3O2/c1-3-26-21-7-5-4-6-19(21)20-14-17(9-12-22(20)26)10-13-23(28)27-15-18(24(25)29)11-8-16(27)2/h4-7,9-10,12-14,16,18H,3,8,11,15H2,1-2H3,(H2,25,29)/b13-10+/t16-,18-/m1/s1. The molecule has 1 fully saturated rings. The van der Waals surface area contributed by atoms with Crippen molar-refractivity contribution in [3.8, 4) is 0 Å². The first-order chi connectivity index (χ1) is 14.0. The van der Waals surface area contributed by atoms with E-state index in [0.717, 1.165) is 24.9 Å². The molecule has 5 nitrogen and oxygen atoms in total. The number of likely N-dealkylation sites (tertiary alicyclic amines) is 1. The molecule has 5 heteroatoms. The number of aromatic nitrogens is 1. The minimum Gasteiger partial charge on any atom is -0.369 e. The first-order valence-corrected chi connectivity index (χ1v) is 10.3. The van der Waals surface area contributed by atoms with Crippen LogP contribution in [0.2, 0.25) is 0 Å². The van der Waals surface area contributed by atoms with Gasteiger partial charge in [-0.25, -0.2) is 0 Å². The predicted molar refractivity (Wildman–Crippen MR) is 117 cm³/mol. The van der Waals surface area contributed by atoms with Gasteiger partial charge in [-0.1, -0.05) is 24.3 Å². The second-order valence-corrected chi connectivity index (χ2v) is 7.89. The van der Waals surface area contributed by atoms with Crippen LogP contribution in [-0.2, 0) is 16.1 Å². The van der Waals surface area contributed by atoms with Gasteiger partial charge in [0.1, 0.15) is 0 Å². The van der Waals surface area contributed by atoms with Gasteiger partial charge in [-0.3, -0.25) is 9.59 Å². The summed E-state index contributed by atoms with van der Waals surface area (Å²) >= 11 is 0. The summed E-state index contributed by atoms with van der Waals surface area (Å²) in [5.74, 6) is -0.643. The number of benzene rings is 2. The highest BCUT2D eigenvalue weighted by molar-refractivity contribution is 6.08. The SMILES string of the molecule is CCn1c2ccccc2c2cc(/C=C/C(=O)N3C[C@H](C(N)=O)CC[C@H]3C)ccc21. The Kier molecular flexibility index (Phi) is 5.14. The summed E-state index contributed by atoms with van der Waals surface area (Å²) in [4.78, 5) is 26.1. The number of hydrogen-bond donors (Lipinski definition) is 1. The molecule has 0 aliphatic carbocycles. The van der Waals surface area contributed by atoms with Crippen molar-refractivity contribution in [1.29, 1.82) is 0 Å². The van der Waals surface area contributed by atoms with Gasteiger partial charge < -0.3 is 15.2 Å². The zero-order chi connectivity index (χ0) is 20.5. The average molecular weight is 389 g/mol. The molecule has 29 heavy (non-hydrogen) atoms. The third kappa shape index (κ3) is 3.53. The molecular weight excluding hydrogens is 362 g/mol. The third-order valence-electron chi connectivity index (χ3n) is 6.10. The van der Waals surface area contributed by atoms with Crippen LogP contribution in [0.5, 0.6) is 0 Å². The van der Waals surface area contributed by atoms with Gasteiger partial charge in [-0.05, 0) is 56.5 Å². The van der Waals surface area contributed by atoms with Crippen LogP contribution in [0.15, 0.2) is 48.5 Å². The summed E-state index contributed by atoms with van der Waals surface area (Å²) in [5, 5.41) is 2.41. The molecular formula is C24H27N3O2. The van der Waals surface area contributed by atoms with Gasteiger partial charge in [0, 0.05) is 47.0 Å². The van der Waals surface area contributed by atoms with Crippen LogP contribution in [0.3, 0.4) is 0 Å². The van der Waals surface area contributed by atoms with E-state index in [1.54, 1.807) is 11.0 Å². The molecule has 4 rings (SSSR count). The van der Waals surface area contributed by atoms with E-state index in [-0.39, 0.29) is 23.8 Å². The molecule has 1 aliphatic rings. The summed E-state index contributed by atoms with van der Waals surface area (Å²) in [5.41, 5.74) is 8.87. The summed E-state index contributed by atoms with van der Waals surface area (Å²) in [6, 6.07) is 14.8. The van der Waals surface area contributed by atoms with E-state index < -0.39 is 0 Å². The van der Waals surface area contributed by atoms with Crippen LogP contribution in [0, 0.1) is 5.92 Å². The van der Waals surface area contributed by atoms with E-state index in [1.807, 2.05) is 19.1 Å². The van der Waals surface area contributed by atoms with Gasteiger partial charge in [0.05, 0.1) is 5.92 Å². The fraction of sp³-hybridized carbons (Fsp3) is 0.333. The Morgan fingerprint density at radius 1 is 1.10 bits per heavy atom. The molecule has 0 unspecified atom stereocenters. The largest absolute Gasteiger partial charge is 0.369 e. The van der Waals surface area contributed by atoms with E-state index in [2.05, 4.69) is 47.9 Å². The Balaban J connectivity index is 1.62. The highest BCUT2D eigenvalue weighted by Gasteiger charge is 2.30. The normalized spacial score (nSPS) is 20.0. The van der Waals surface area contributed by atoms with E-state index >= 15 is 0 Å². The maximum absolute atomic E-state index is 12.8. The molecule has 0 spiro atoms. The zero-order valence-electron chi connectivity index (χ0n) is 17.0. The maximum atomic E-state index is 12.8. The highest BCUT2D eigenvalue weighted by atomic mass is 16.2. The fourth-order valence-corrected chi connectivity index (χ4v) is 4.43.